The minimum atomic E-state index is -0.114. The zero-order chi connectivity index (χ0) is 13.2. The number of hydrogen-bond acceptors (Lipinski definition) is 5. The number of nitrogens with zero attached hydrogens (tertiary/aromatic N) is 4. The highest BCUT2D eigenvalue weighted by atomic mass is 16.3. The van der Waals surface area contributed by atoms with Gasteiger partial charge in [0, 0.05) is 25.7 Å². The summed E-state index contributed by atoms with van der Waals surface area (Å²) in [5, 5.41) is 20.3. The second kappa shape index (κ2) is 5.26. The molecule has 2 N–H and O–H groups in total. The van der Waals surface area contributed by atoms with Gasteiger partial charge in [0.1, 0.15) is 0 Å². The van der Waals surface area contributed by atoms with Gasteiger partial charge in [0.05, 0.1) is 18.8 Å². The van der Waals surface area contributed by atoms with Crippen molar-refractivity contribution in [3.63, 3.8) is 0 Å². The molecule has 1 amide bonds. The van der Waals surface area contributed by atoms with Gasteiger partial charge in [0.2, 0.25) is 0 Å². The van der Waals surface area contributed by atoms with Crippen LogP contribution in [0.2, 0.25) is 0 Å². The van der Waals surface area contributed by atoms with E-state index in [0.717, 1.165) is 32.4 Å². The number of aliphatic hydroxyl groups excluding tert-OH is 1. The molecule has 0 bridgehead atoms. The van der Waals surface area contributed by atoms with E-state index in [1.165, 1.54) is 0 Å². The number of hydrogen-bond donors (Lipinski definition) is 2. The van der Waals surface area contributed by atoms with Gasteiger partial charge >= 0.3 is 0 Å². The Morgan fingerprint density at radius 3 is 2.84 bits per heavy atom. The van der Waals surface area contributed by atoms with Crippen LogP contribution >= 0.6 is 0 Å². The molecular weight excluding hydrogens is 246 g/mol. The van der Waals surface area contributed by atoms with E-state index in [1.807, 2.05) is 0 Å². The van der Waals surface area contributed by atoms with E-state index < -0.39 is 0 Å². The zero-order valence-corrected chi connectivity index (χ0v) is 10.8. The summed E-state index contributed by atoms with van der Waals surface area (Å²) in [7, 11) is 0. The summed E-state index contributed by atoms with van der Waals surface area (Å²) >= 11 is 0. The van der Waals surface area contributed by atoms with E-state index in [0.29, 0.717) is 18.3 Å². The molecule has 2 aliphatic rings. The standard InChI is InChI=1S/C12H19N5O2/c18-5-4-16(9-2-1-3-9)12(19)11-8-17(15-14-11)10-6-13-7-10/h8-10,13,18H,1-7H2. The third kappa shape index (κ3) is 2.35. The number of carbonyl (C=O) groups excluding carboxylic acids is 1. The first-order valence-corrected chi connectivity index (χ1v) is 6.84. The summed E-state index contributed by atoms with van der Waals surface area (Å²) in [6.45, 7) is 2.12. The summed E-state index contributed by atoms with van der Waals surface area (Å²) in [5.41, 5.74) is 0.382. The minimum absolute atomic E-state index is 0.0110. The summed E-state index contributed by atoms with van der Waals surface area (Å²) in [6, 6.07) is 0.569. The fourth-order valence-electron chi connectivity index (χ4n) is 2.42. The van der Waals surface area contributed by atoms with E-state index in [4.69, 9.17) is 5.11 Å². The molecule has 1 aliphatic heterocycles. The van der Waals surface area contributed by atoms with Gasteiger partial charge in [-0.05, 0) is 19.3 Å². The molecule has 0 atom stereocenters. The molecule has 2 fully saturated rings. The van der Waals surface area contributed by atoms with Gasteiger partial charge in [0.15, 0.2) is 5.69 Å². The summed E-state index contributed by atoms with van der Waals surface area (Å²) in [4.78, 5) is 14.1. The second-order valence-electron chi connectivity index (χ2n) is 5.20. The van der Waals surface area contributed by atoms with Crippen LogP contribution < -0.4 is 5.32 Å². The van der Waals surface area contributed by atoms with Crippen molar-refractivity contribution in [2.45, 2.75) is 31.3 Å². The van der Waals surface area contributed by atoms with Crippen molar-refractivity contribution >= 4 is 5.91 Å². The minimum Gasteiger partial charge on any atom is -0.395 e. The molecule has 1 saturated carbocycles. The Hall–Kier alpha value is -1.47. The van der Waals surface area contributed by atoms with Crippen LogP contribution in [0.3, 0.4) is 0 Å². The fraction of sp³-hybridized carbons (Fsp3) is 0.750. The molecule has 1 aliphatic carbocycles. The van der Waals surface area contributed by atoms with Crippen molar-refractivity contribution in [2.24, 2.45) is 0 Å². The average molecular weight is 265 g/mol. The largest absolute Gasteiger partial charge is 0.395 e. The molecule has 7 nitrogen and oxygen atoms in total. The topological polar surface area (TPSA) is 83.3 Å². The molecule has 0 spiro atoms. The predicted molar refractivity (Wildman–Crippen MR) is 67.7 cm³/mol. The Morgan fingerprint density at radius 2 is 2.32 bits per heavy atom. The molecule has 1 saturated heterocycles. The highest BCUT2D eigenvalue weighted by Gasteiger charge is 2.31. The van der Waals surface area contributed by atoms with Gasteiger partial charge in [-0.2, -0.15) is 0 Å². The first kappa shape index (κ1) is 12.6. The van der Waals surface area contributed by atoms with Crippen LogP contribution in [0.25, 0.3) is 0 Å². The van der Waals surface area contributed by atoms with Gasteiger partial charge < -0.3 is 15.3 Å². The highest BCUT2D eigenvalue weighted by molar-refractivity contribution is 5.92. The van der Waals surface area contributed by atoms with E-state index >= 15 is 0 Å². The summed E-state index contributed by atoms with van der Waals surface area (Å²) in [5.74, 6) is -0.114. The smallest absolute Gasteiger partial charge is 0.276 e. The maximum absolute atomic E-state index is 12.4. The molecule has 2 heterocycles. The van der Waals surface area contributed by atoms with Crippen molar-refractivity contribution in [1.29, 1.82) is 0 Å². The summed E-state index contributed by atoms with van der Waals surface area (Å²) < 4.78 is 1.75. The number of amides is 1. The highest BCUT2D eigenvalue weighted by Crippen LogP contribution is 2.25. The molecular formula is C12H19N5O2. The number of aromatic nitrogens is 3. The van der Waals surface area contributed by atoms with E-state index in [-0.39, 0.29) is 18.6 Å². The Kier molecular flexibility index (Phi) is 3.48. The van der Waals surface area contributed by atoms with Crippen LogP contribution in [0.4, 0.5) is 0 Å². The molecule has 0 aromatic carbocycles. The van der Waals surface area contributed by atoms with Crippen LogP contribution in [0.1, 0.15) is 35.8 Å². The number of nitrogens with one attached hydrogen (secondary N) is 1. The van der Waals surface area contributed by atoms with Crippen molar-refractivity contribution in [3.05, 3.63) is 11.9 Å². The van der Waals surface area contributed by atoms with E-state index in [2.05, 4.69) is 15.6 Å². The van der Waals surface area contributed by atoms with Crippen LogP contribution in [0.15, 0.2) is 6.20 Å². The second-order valence-corrected chi connectivity index (χ2v) is 5.20. The van der Waals surface area contributed by atoms with Gasteiger partial charge in [-0.3, -0.25) is 4.79 Å². The van der Waals surface area contributed by atoms with Gasteiger partial charge in [0.25, 0.3) is 5.91 Å². The molecule has 1 aromatic rings. The molecule has 0 radical (unpaired) electrons. The third-order valence-corrected chi connectivity index (χ3v) is 3.98. The predicted octanol–water partition coefficient (Wildman–Crippen LogP) is -0.591. The lowest BCUT2D eigenvalue weighted by molar-refractivity contribution is 0.0520. The first-order valence-electron chi connectivity index (χ1n) is 6.84. The van der Waals surface area contributed by atoms with Crippen LogP contribution in [0.5, 0.6) is 0 Å². The van der Waals surface area contributed by atoms with Crippen molar-refractivity contribution < 1.29 is 9.90 Å². The van der Waals surface area contributed by atoms with E-state index in [1.54, 1.807) is 15.8 Å². The lowest BCUT2D eigenvalue weighted by Gasteiger charge is -2.36. The number of rotatable bonds is 5. The third-order valence-electron chi connectivity index (χ3n) is 3.98. The Labute approximate surface area is 111 Å². The monoisotopic (exact) mass is 265 g/mol. The quantitative estimate of drug-likeness (QED) is 0.743. The molecule has 104 valence electrons. The Balaban J connectivity index is 1.71. The SMILES string of the molecule is O=C(c1cn(C2CNC2)nn1)N(CCO)C1CCC1. The van der Waals surface area contributed by atoms with E-state index in [9.17, 15) is 4.79 Å². The fourth-order valence-corrected chi connectivity index (χ4v) is 2.42. The molecule has 0 unspecified atom stereocenters. The Morgan fingerprint density at radius 1 is 1.53 bits per heavy atom. The number of aliphatic hydroxyl groups is 1. The van der Waals surface area contributed by atoms with Gasteiger partial charge in [-0.1, -0.05) is 5.21 Å². The zero-order valence-electron chi connectivity index (χ0n) is 10.8. The molecule has 19 heavy (non-hydrogen) atoms. The van der Waals surface area contributed by atoms with Crippen LogP contribution in [-0.2, 0) is 0 Å². The first-order chi connectivity index (χ1) is 9.29. The van der Waals surface area contributed by atoms with Crippen molar-refractivity contribution in [2.75, 3.05) is 26.2 Å². The van der Waals surface area contributed by atoms with Crippen LogP contribution in [-0.4, -0.2) is 63.2 Å². The maximum Gasteiger partial charge on any atom is 0.276 e. The molecule has 3 rings (SSSR count). The van der Waals surface area contributed by atoms with Gasteiger partial charge in [-0.25, -0.2) is 4.68 Å². The summed E-state index contributed by atoms with van der Waals surface area (Å²) in [6.07, 6.45) is 4.91. The normalized spacial score (nSPS) is 19.8. The number of carbonyl (C=O) groups is 1. The van der Waals surface area contributed by atoms with Crippen molar-refractivity contribution in [3.8, 4) is 0 Å². The lowest BCUT2D eigenvalue weighted by atomic mass is 9.91. The lowest BCUT2D eigenvalue weighted by Crippen LogP contribution is -2.46. The maximum atomic E-state index is 12.4. The van der Waals surface area contributed by atoms with Gasteiger partial charge in [-0.15, -0.1) is 5.10 Å². The van der Waals surface area contributed by atoms with Crippen molar-refractivity contribution in [1.82, 2.24) is 25.2 Å². The molecule has 7 heteroatoms. The average Bonchev–Trinajstić information content (AvgIpc) is 2.72. The molecule has 1 aromatic heterocycles. The van der Waals surface area contributed by atoms with Crippen LogP contribution in [0, 0.1) is 0 Å². The Bertz CT molecular complexity index is 453.